The van der Waals surface area contributed by atoms with Gasteiger partial charge >= 0.3 is 6.18 Å². The summed E-state index contributed by atoms with van der Waals surface area (Å²) in [6.07, 6.45) is -1.24. The van der Waals surface area contributed by atoms with Crippen molar-refractivity contribution in [2.45, 2.75) is 25.4 Å². The summed E-state index contributed by atoms with van der Waals surface area (Å²) in [5.74, 6) is -0.212. The van der Waals surface area contributed by atoms with Crippen LogP contribution in [0.2, 0.25) is 5.02 Å². The lowest BCUT2D eigenvalue weighted by atomic mass is 9.79. The van der Waals surface area contributed by atoms with E-state index in [4.69, 9.17) is 11.6 Å². The Labute approximate surface area is 130 Å². The fourth-order valence-corrected chi connectivity index (χ4v) is 3.42. The summed E-state index contributed by atoms with van der Waals surface area (Å²) < 4.78 is 39.6. The van der Waals surface area contributed by atoms with Crippen LogP contribution in [0.5, 0.6) is 0 Å². The molecule has 22 heavy (non-hydrogen) atoms. The predicted octanol–water partition coefficient (Wildman–Crippen LogP) is 2.86. The molecule has 1 unspecified atom stereocenters. The molecular weight excluding hydrogens is 319 g/mol. The molecule has 2 aliphatic heterocycles. The quantitative estimate of drug-likeness (QED) is 0.859. The van der Waals surface area contributed by atoms with Gasteiger partial charge < -0.3 is 10.2 Å². The monoisotopic (exact) mass is 333 g/mol. The van der Waals surface area contributed by atoms with E-state index in [1.165, 1.54) is 6.20 Å². The maximum atomic E-state index is 13.2. The fraction of sp³-hybridized carbons (Fsp3) is 0.571. The van der Waals surface area contributed by atoms with Gasteiger partial charge in [0.2, 0.25) is 5.91 Å². The van der Waals surface area contributed by atoms with E-state index in [0.29, 0.717) is 25.9 Å². The van der Waals surface area contributed by atoms with E-state index in [2.05, 4.69) is 10.3 Å². The molecule has 0 radical (unpaired) electrons. The van der Waals surface area contributed by atoms with Gasteiger partial charge in [0.25, 0.3) is 0 Å². The Morgan fingerprint density at radius 2 is 2.14 bits per heavy atom. The van der Waals surface area contributed by atoms with Crippen LogP contribution in [0.4, 0.5) is 19.0 Å². The molecule has 1 aromatic rings. The van der Waals surface area contributed by atoms with E-state index in [1.807, 2.05) is 0 Å². The summed E-state index contributed by atoms with van der Waals surface area (Å²) >= 11 is 5.65. The van der Waals surface area contributed by atoms with Gasteiger partial charge in [0.1, 0.15) is 5.82 Å². The molecule has 1 N–H and O–H groups in total. The number of anilines is 1. The third-order valence-electron chi connectivity index (χ3n) is 4.39. The van der Waals surface area contributed by atoms with E-state index in [0.717, 1.165) is 12.5 Å². The van der Waals surface area contributed by atoms with Gasteiger partial charge in [-0.1, -0.05) is 11.6 Å². The molecule has 0 saturated carbocycles. The van der Waals surface area contributed by atoms with Gasteiger partial charge in [0.15, 0.2) is 0 Å². The number of hydrogen-bond acceptors (Lipinski definition) is 3. The summed E-state index contributed by atoms with van der Waals surface area (Å²) in [5, 5.41) is 2.76. The zero-order valence-electron chi connectivity index (χ0n) is 11.7. The third-order valence-corrected chi connectivity index (χ3v) is 4.60. The minimum Gasteiger partial charge on any atom is -0.356 e. The van der Waals surface area contributed by atoms with Crippen molar-refractivity contribution < 1.29 is 18.0 Å². The normalized spacial score (nSPS) is 25.6. The lowest BCUT2D eigenvalue weighted by Gasteiger charge is -2.32. The lowest BCUT2D eigenvalue weighted by Crippen LogP contribution is -2.47. The maximum Gasteiger partial charge on any atom is 0.420 e. The molecule has 1 amide bonds. The van der Waals surface area contributed by atoms with Crippen molar-refractivity contribution in [2.75, 3.05) is 24.5 Å². The Hall–Kier alpha value is -1.50. The standard InChI is InChI=1S/C14H15ClF3N3O/c15-9-6-10(14(16,17)18)11(20-7-9)21-5-3-13(8-21)2-1-4-19-12(13)22/h6-7H,1-5,8H2,(H,19,22). The van der Waals surface area contributed by atoms with E-state index in [9.17, 15) is 18.0 Å². The second-order valence-corrected chi connectivity index (χ2v) is 6.27. The molecule has 8 heteroatoms. The van der Waals surface area contributed by atoms with Crippen LogP contribution in [0.1, 0.15) is 24.8 Å². The van der Waals surface area contributed by atoms with Crippen LogP contribution in [0, 0.1) is 5.41 Å². The summed E-state index contributed by atoms with van der Waals surface area (Å²) in [7, 11) is 0. The fourth-order valence-electron chi connectivity index (χ4n) is 3.26. The van der Waals surface area contributed by atoms with E-state index in [-0.39, 0.29) is 23.3 Å². The average Bonchev–Trinajstić information content (AvgIpc) is 2.86. The van der Waals surface area contributed by atoms with Crippen molar-refractivity contribution >= 4 is 23.3 Å². The summed E-state index contributed by atoms with van der Waals surface area (Å²) in [6.45, 7) is 1.27. The Kier molecular flexibility index (Phi) is 3.71. The molecule has 0 aliphatic carbocycles. The average molecular weight is 334 g/mol. The van der Waals surface area contributed by atoms with Gasteiger partial charge in [-0.3, -0.25) is 4.79 Å². The number of nitrogens with zero attached hydrogens (tertiary/aromatic N) is 2. The first-order chi connectivity index (χ1) is 10.3. The largest absolute Gasteiger partial charge is 0.420 e. The number of aromatic nitrogens is 1. The topological polar surface area (TPSA) is 45.2 Å². The first kappa shape index (κ1) is 15.4. The van der Waals surface area contributed by atoms with Crippen LogP contribution < -0.4 is 10.2 Å². The van der Waals surface area contributed by atoms with Crippen LogP contribution in [-0.4, -0.2) is 30.5 Å². The van der Waals surface area contributed by atoms with Gasteiger partial charge in [0.05, 0.1) is 16.0 Å². The van der Waals surface area contributed by atoms with Crippen LogP contribution in [0.25, 0.3) is 0 Å². The highest BCUT2D eigenvalue weighted by Gasteiger charge is 2.47. The van der Waals surface area contributed by atoms with Gasteiger partial charge in [-0.25, -0.2) is 4.98 Å². The van der Waals surface area contributed by atoms with Gasteiger partial charge in [-0.15, -0.1) is 0 Å². The predicted molar refractivity (Wildman–Crippen MR) is 75.8 cm³/mol. The number of halogens is 4. The summed E-state index contributed by atoms with van der Waals surface area (Å²) in [4.78, 5) is 17.5. The second-order valence-electron chi connectivity index (χ2n) is 5.83. The van der Waals surface area contributed by atoms with Crippen molar-refractivity contribution in [3.05, 3.63) is 22.8 Å². The van der Waals surface area contributed by atoms with Crippen molar-refractivity contribution in [2.24, 2.45) is 5.41 Å². The molecule has 3 rings (SSSR count). The number of piperidine rings is 1. The zero-order valence-corrected chi connectivity index (χ0v) is 12.5. The van der Waals surface area contributed by atoms with Gasteiger partial charge in [-0.2, -0.15) is 13.2 Å². The third kappa shape index (κ3) is 2.62. The molecule has 1 aromatic heterocycles. The van der Waals surface area contributed by atoms with E-state index in [1.54, 1.807) is 4.90 Å². The minimum atomic E-state index is -4.53. The second kappa shape index (κ2) is 5.30. The molecule has 120 valence electrons. The number of carbonyl (C=O) groups is 1. The molecular formula is C14H15ClF3N3O. The SMILES string of the molecule is O=C1NCCCC12CCN(c1ncc(Cl)cc1C(F)(F)F)C2. The summed E-state index contributed by atoms with van der Waals surface area (Å²) in [5.41, 5.74) is -1.45. The van der Waals surface area contributed by atoms with Crippen LogP contribution >= 0.6 is 11.6 Å². The lowest BCUT2D eigenvalue weighted by molar-refractivity contribution is -0.137. The van der Waals surface area contributed by atoms with Crippen LogP contribution in [0.15, 0.2) is 12.3 Å². The number of nitrogens with one attached hydrogen (secondary N) is 1. The number of rotatable bonds is 1. The molecule has 4 nitrogen and oxygen atoms in total. The number of carbonyl (C=O) groups excluding carboxylic acids is 1. The zero-order chi connectivity index (χ0) is 16.0. The summed E-state index contributed by atoms with van der Waals surface area (Å²) in [6, 6.07) is 0.885. The minimum absolute atomic E-state index is 0.0552. The Bertz CT molecular complexity index is 607. The molecule has 2 saturated heterocycles. The Morgan fingerprint density at radius 3 is 2.82 bits per heavy atom. The number of hydrogen-bond donors (Lipinski definition) is 1. The van der Waals surface area contributed by atoms with Crippen molar-refractivity contribution in [3.8, 4) is 0 Å². The Morgan fingerprint density at radius 1 is 1.36 bits per heavy atom. The first-order valence-electron chi connectivity index (χ1n) is 7.08. The maximum absolute atomic E-state index is 13.2. The molecule has 0 aromatic carbocycles. The Balaban J connectivity index is 1.92. The van der Waals surface area contributed by atoms with E-state index >= 15 is 0 Å². The highest BCUT2D eigenvalue weighted by atomic mass is 35.5. The highest BCUT2D eigenvalue weighted by Crippen LogP contribution is 2.43. The highest BCUT2D eigenvalue weighted by molar-refractivity contribution is 6.30. The molecule has 3 heterocycles. The molecule has 1 atom stereocenters. The molecule has 1 spiro atoms. The van der Waals surface area contributed by atoms with Crippen molar-refractivity contribution in [3.63, 3.8) is 0 Å². The van der Waals surface area contributed by atoms with E-state index < -0.39 is 17.2 Å². The smallest absolute Gasteiger partial charge is 0.356 e. The number of amides is 1. The van der Waals surface area contributed by atoms with Crippen LogP contribution in [-0.2, 0) is 11.0 Å². The number of pyridine rings is 1. The molecule has 2 aliphatic rings. The van der Waals surface area contributed by atoms with Gasteiger partial charge in [-0.05, 0) is 25.3 Å². The number of alkyl halides is 3. The molecule has 0 bridgehead atoms. The van der Waals surface area contributed by atoms with Gasteiger partial charge in [0, 0.05) is 25.8 Å². The van der Waals surface area contributed by atoms with Crippen molar-refractivity contribution in [1.29, 1.82) is 0 Å². The van der Waals surface area contributed by atoms with Crippen molar-refractivity contribution in [1.82, 2.24) is 10.3 Å². The van der Waals surface area contributed by atoms with Crippen LogP contribution in [0.3, 0.4) is 0 Å². The first-order valence-corrected chi connectivity index (χ1v) is 7.46. The molecule has 2 fully saturated rings.